The molecule has 8 heteroatoms. The molecule has 0 saturated carbocycles. The number of para-hydroxylation sites is 3. The van der Waals surface area contributed by atoms with E-state index in [-0.39, 0.29) is 24.6 Å². The molecule has 0 radical (unpaired) electrons. The lowest BCUT2D eigenvalue weighted by Crippen LogP contribution is -2.13. The van der Waals surface area contributed by atoms with Gasteiger partial charge in [0.1, 0.15) is 11.6 Å². The number of aryl methyl sites for hydroxylation is 2. The van der Waals surface area contributed by atoms with Gasteiger partial charge in [-0.15, -0.1) is 0 Å². The number of halogens is 1. The molecule has 33 heavy (non-hydrogen) atoms. The molecule has 5 rings (SSSR count). The molecule has 0 aliphatic heterocycles. The quantitative estimate of drug-likeness (QED) is 0.373. The average Bonchev–Trinajstić information content (AvgIpc) is 3.47. The molecule has 1 amide bonds. The molecule has 0 aliphatic rings. The highest BCUT2D eigenvalue weighted by Gasteiger charge is 2.14. The number of carbonyl (C=O) groups is 1. The van der Waals surface area contributed by atoms with Crippen LogP contribution in [0.25, 0.3) is 33.8 Å². The Morgan fingerprint density at radius 3 is 2.73 bits per heavy atom. The van der Waals surface area contributed by atoms with E-state index in [0.717, 1.165) is 16.6 Å². The Labute approximate surface area is 188 Å². The SMILES string of the molecule is Cc1ccc(-c2noc(CCC(=O)Nc3ccccc3-c3nc4ccccc4[nH]3)n2)cc1F. The number of carbonyl (C=O) groups excluding carboxylic acids is 1. The predicted octanol–water partition coefficient (Wildman–Crippen LogP) is 5.30. The second-order valence-electron chi connectivity index (χ2n) is 7.67. The minimum absolute atomic E-state index is 0.151. The Bertz CT molecular complexity index is 1420. The van der Waals surface area contributed by atoms with E-state index in [9.17, 15) is 9.18 Å². The molecule has 0 atom stereocenters. The average molecular weight is 441 g/mol. The molecule has 0 unspecified atom stereocenters. The highest BCUT2D eigenvalue weighted by atomic mass is 19.1. The van der Waals surface area contributed by atoms with Crippen LogP contribution in [0.4, 0.5) is 10.1 Å². The first-order valence-electron chi connectivity index (χ1n) is 10.5. The molecule has 0 saturated heterocycles. The number of rotatable bonds is 6. The topological polar surface area (TPSA) is 96.7 Å². The van der Waals surface area contributed by atoms with Gasteiger partial charge in [-0.3, -0.25) is 4.79 Å². The Morgan fingerprint density at radius 2 is 1.88 bits per heavy atom. The normalized spacial score (nSPS) is 11.1. The van der Waals surface area contributed by atoms with E-state index in [4.69, 9.17) is 4.52 Å². The molecule has 0 spiro atoms. The smallest absolute Gasteiger partial charge is 0.227 e. The van der Waals surface area contributed by atoms with Crippen molar-refractivity contribution in [2.24, 2.45) is 0 Å². The summed E-state index contributed by atoms with van der Waals surface area (Å²) >= 11 is 0. The van der Waals surface area contributed by atoms with Gasteiger partial charge in [0.15, 0.2) is 0 Å². The van der Waals surface area contributed by atoms with E-state index < -0.39 is 0 Å². The second kappa shape index (κ2) is 8.66. The van der Waals surface area contributed by atoms with Gasteiger partial charge < -0.3 is 14.8 Å². The number of aromatic nitrogens is 4. The van der Waals surface area contributed by atoms with Crippen molar-refractivity contribution in [1.82, 2.24) is 20.1 Å². The van der Waals surface area contributed by atoms with Crippen LogP contribution < -0.4 is 5.32 Å². The van der Waals surface area contributed by atoms with Gasteiger partial charge in [0, 0.05) is 24.0 Å². The van der Waals surface area contributed by atoms with Crippen LogP contribution in [0.15, 0.2) is 71.3 Å². The van der Waals surface area contributed by atoms with Crippen molar-refractivity contribution in [1.29, 1.82) is 0 Å². The number of imidazole rings is 1. The van der Waals surface area contributed by atoms with Crippen molar-refractivity contribution in [2.75, 3.05) is 5.32 Å². The largest absolute Gasteiger partial charge is 0.339 e. The summed E-state index contributed by atoms with van der Waals surface area (Å²) in [6.45, 7) is 1.69. The van der Waals surface area contributed by atoms with Crippen LogP contribution in [-0.4, -0.2) is 26.0 Å². The highest BCUT2D eigenvalue weighted by molar-refractivity contribution is 5.95. The first kappa shape index (κ1) is 20.6. The summed E-state index contributed by atoms with van der Waals surface area (Å²) in [4.78, 5) is 24.8. The zero-order valence-electron chi connectivity index (χ0n) is 17.8. The molecule has 2 N–H and O–H groups in total. The van der Waals surface area contributed by atoms with Gasteiger partial charge in [-0.05, 0) is 42.8 Å². The van der Waals surface area contributed by atoms with Crippen molar-refractivity contribution in [3.8, 4) is 22.8 Å². The summed E-state index contributed by atoms with van der Waals surface area (Å²) in [5, 5.41) is 6.83. The third kappa shape index (κ3) is 4.36. The summed E-state index contributed by atoms with van der Waals surface area (Å²) in [7, 11) is 0. The summed E-state index contributed by atoms with van der Waals surface area (Å²) < 4.78 is 19.0. The minimum Gasteiger partial charge on any atom is -0.339 e. The number of benzene rings is 3. The molecule has 0 fully saturated rings. The fraction of sp³-hybridized carbons (Fsp3) is 0.120. The Morgan fingerprint density at radius 1 is 1.06 bits per heavy atom. The van der Waals surface area contributed by atoms with Gasteiger partial charge in [-0.2, -0.15) is 4.98 Å². The number of fused-ring (bicyclic) bond motifs is 1. The standard InChI is InChI=1S/C25H20FN5O2/c1-15-10-11-16(14-18(15)26)24-30-23(33-31-24)13-12-22(32)27-19-7-3-2-6-17(19)25-28-20-8-4-5-9-21(20)29-25/h2-11,14H,12-13H2,1H3,(H,27,32)(H,28,29). The number of hydrogen-bond donors (Lipinski definition) is 2. The second-order valence-corrected chi connectivity index (χ2v) is 7.67. The molecule has 164 valence electrons. The van der Waals surface area contributed by atoms with Gasteiger partial charge in [0.2, 0.25) is 17.6 Å². The summed E-state index contributed by atoms with van der Waals surface area (Å²) in [5.74, 6) is 0.756. The van der Waals surface area contributed by atoms with Crippen molar-refractivity contribution in [3.05, 3.63) is 84.0 Å². The fourth-order valence-corrected chi connectivity index (χ4v) is 3.52. The molecule has 0 aliphatic carbocycles. The number of anilines is 1. The molecule has 2 aromatic heterocycles. The Balaban J connectivity index is 1.27. The monoisotopic (exact) mass is 441 g/mol. The van der Waals surface area contributed by atoms with E-state index in [2.05, 4.69) is 25.4 Å². The van der Waals surface area contributed by atoms with Gasteiger partial charge >= 0.3 is 0 Å². The van der Waals surface area contributed by atoms with Crippen LogP contribution in [0.5, 0.6) is 0 Å². The van der Waals surface area contributed by atoms with Gasteiger partial charge in [-0.25, -0.2) is 9.37 Å². The number of nitrogens with zero attached hydrogens (tertiary/aromatic N) is 3. The van der Waals surface area contributed by atoms with Gasteiger partial charge in [-0.1, -0.05) is 41.6 Å². The minimum atomic E-state index is -0.332. The summed E-state index contributed by atoms with van der Waals surface area (Å²) in [5.41, 5.74) is 4.30. The van der Waals surface area contributed by atoms with Crippen LogP contribution in [0.3, 0.4) is 0 Å². The van der Waals surface area contributed by atoms with E-state index in [1.54, 1.807) is 19.1 Å². The van der Waals surface area contributed by atoms with Crippen LogP contribution >= 0.6 is 0 Å². The molecule has 0 bridgehead atoms. The van der Waals surface area contributed by atoms with Crippen molar-refractivity contribution >= 4 is 22.6 Å². The fourth-order valence-electron chi connectivity index (χ4n) is 3.52. The number of nitrogens with one attached hydrogen (secondary N) is 2. The lowest BCUT2D eigenvalue weighted by atomic mass is 10.1. The molecular weight excluding hydrogens is 421 g/mol. The zero-order valence-corrected chi connectivity index (χ0v) is 17.8. The van der Waals surface area contributed by atoms with E-state index in [1.807, 2.05) is 48.5 Å². The summed E-state index contributed by atoms with van der Waals surface area (Å²) in [6.07, 6.45) is 0.415. The highest BCUT2D eigenvalue weighted by Crippen LogP contribution is 2.27. The number of amides is 1. The van der Waals surface area contributed by atoms with E-state index in [0.29, 0.717) is 34.4 Å². The van der Waals surface area contributed by atoms with Crippen LogP contribution in [0.1, 0.15) is 17.9 Å². The molecule has 3 aromatic carbocycles. The molecule has 7 nitrogen and oxygen atoms in total. The number of H-pyrrole nitrogens is 1. The third-order valence-corrected chi connectivity index (χ3v) is 5.31. The van der Waals surface area contributed by atoms with Crippen molar-refractivity contribution in [3.63, 3.8) is 0 Å². The van der Waals surface area contributed by atoms with E-state index >= 15 is 0 Å². The molecule has 5 aromatic rings. The van der Waals surface area contributed by atoms with Crippen LogP contribution in [-0.2, 0) is 11.2 Å². The third-order valence-electron chi connectivity index (χ3n) is 5.31. The lowest BCUT2D eigenvalue weighted by Gasteiger charge is -2.09. The van der Waals surface area contributed by atoms with E-state index in [1.165, 1.54) is 6.07 Å². The molecular formula is C25H20FN5O2. The predicted molar refractivity (Wildman–Crippen MR) is 123 cm³/mol. The first-order valence-corrected chi connectivity index (χ1v) is 10.5. The number of aromatic amines is 1. The number of hydrogen-bond acceptors (Lipinski definition) is 5. The Kier molecular flexibility index (Phi) is 5.40. The zero-order chi connectivity index (χ0) is 22.8. The Hall–Kier alpha value is -4.33. The molecule has 2 heterocycles. The van der Waals surface area contributed by atoms with Gasteiger partial charge in [0.25, 0.3) is 0 Å². The van der Waals surface area contributed by atoms with Crippen LogP contribution in [0.2, 0.25) is 0 Å². The summed E-state index contributed by atoms with van der Waals surface area (Å²) in [6, 6.07) is 20.0. The van der Waals surface area contributed by atoms with Gasteiger partial charge in [0.05, 0.1) is 16.7 Å². The van der Waals surface area contributed by atoms with Crippen molar-refractivity contribution in [2.45, 2.75) is 19.8 Å². The van der Waals surface area contributed by atoms with Crippen molar-refractivity contribution < 1.29 is 13.7 Å². The lowest BCUT2D eigenvalue weighted by molar-refractivity contribution is -0.116. The maximum Gasteiger partial charge on any atom is 0.227 e. The first-order chi connectivity index (χ1) is 16.1. The van der Waals surface area contributed by atoms with Crippen LogP contribution in [0, 0.1) is 12.7 Å². The maximum absolute atomic E-state index is 13.8. The maximum atomic E-state index is 13.8.